The Labute approximate surface area is 135 Å². The Morgan fingerprint density at radius 3 is 2.91 bits per heavy atom. The lowest BCUT2D eigenvalue weighted by atomic mass is 9.92. The van der Waals surface area contributed by atoms with Crippen LogP contribution in [0.1, 0.15) is 18.5 Å². The van der Waals surface area contributed by atoms with Gasteiger partial charge in [-0.05, 0) is 37.4 Å². The quantitative estimate of drug-likeness (QED) is 0.868. The fourth-order valence-electron chi connectivity index (χ4n) is 3.86. The zero-order chi connectivity index (χ0) is 15.6. The van der Waals surface area contributed by atoms with Gasteiger partial charge in [0.05, 0.1) is 11.9 Å². The van der Waals surface area contributed by atoms with E-state index in [0.717, 1.165) is 38.3 Å². The number of likely N-dealkylation sites (tertiary alicyclic amines) is 1. The van der Waals surface area contributed by atoms with E-state index < -0.39 is 0 Å². The van der Waals surface area contributed by atoms with Crippen molar-refractivity contribution in [2.45, 2.75) is 25.4 Å². The fourth-order valence-corrected chi connectivity index (χ4v) is 3.86. The largest absolute Gasteiger partial charge is 0.352 e. The zero-order valence-corrected chi connectivity index (χ0v) is 13.0. The summed E-state index contributed by atoms with van der Waals surface area (Å²) < 4.78 is 14.0. The predicted molar refractivity (Wildman–Crippen MR) is 85.4 cm³/mol. The third-order valence-electron chi connectivity index (χ3n) is 5.02. The van der Waals surface area contributed by atoms with Gasteiger partial charge in [0.2, 0.25) is 0 Å². The molecule has 0 N–H and O–H groups in total. The highest BCUT2D eigenvalue weighted by Crippen LogP contribution is 2.34. The van der Waals surface area contributed by atoms with E-state index >= 15 is 0 Å². The van der Waals surface area contributed by atoms with Crippen LogP contribution in [-0.4, -0.2) is 45.5 Å². The van der Waals surface area contributed by atoms with Gasteiger partial charge in [-0.3, -0.25) is 9.88 Å². The van der Waals surface area contributed by atoms with Gasteiger partial charge in [-0.1, -0.05) is 6.07 Å². The number of rotatable bonds is 3. The van der Waals surface area contributed by atoms with E-state index in [-0.39, 0.29) is 5.82 Å². The lowest BCUT2D eigenvalue weighted by molar-refractivity contribution is 0.198. The molecule has 0 saturated carbocycles. The molecule has 0 aromatic carbocycles. The maximum Gasteiger partial charge on any atom is 0.183 e. The highest BCUT2D eigenvalue weighted by atomic mass is 19.1. The van der Waals surface area contributed by atoms with Crippen LogP contribution in [0.4, 0.5) is 10.2 Å². The maximum absolute atomic E-state index is 14.0. The van der Waals surface area contributed by atoms with Gasteiger partial charge < -0.3 is 4.90 Å². The Bertz CT molecular complexity index is 665. The third-order valence-corrected chi connectivity index (χ3v) is 5.02. The normalized spacial score (nSPS) is 24.7. The molecule has 4 rings (SSSR count). The van der Waals surface area contributed by atoms with Crippen LogP contribution in [0.5, 0.6) is 0 Å². The number of halogens is 1. The number of piperidine rings is 1. The first kappa shape index (κ1) is 14.5. The molecule has 5 nitrogen and oxygen atoms in total. The van der Waals surface area contributed by atoms with Crippen LogP contribution in [0, 0.1) is 11.7 Å². The second kappa shape index (κ2) is 6.20. The van der Waals surface area contributed by atoms with E-state index in [2.05, 4.69) is 30.8 Å². The van der Waals surface area contributed by atoms with E-state index in [4.69, 9.17) is 0 Å². The van der Waals surface area contributed by atoms with Crippen molar-refractivity contribution in [2.75, 3.05) is 24.5 Å². The first-order valence-corrected chi connectivity index (χ1v) is 8.15. The molecule has 2 atom stereocenters. The second-order valence-corrected chi connectivity index (χ2v) is 6.34. The molecule has 4 heterocycles. The molecule has 2 fully saturated rings. The molecule has 0 amide bonds. The van der Waals surface area contributed by atoms with Crippen LogP contribution in [0.2, 0.25) is 0 Å². The number of fused-ring (bicyclic) bond motifs is 1. The number of anilines is 1. The van der Waals surface area contributed by atoms with Crippen LogP contribution < -0.4 is 4.90 Å². The van der Waals surface area contributed by atoms with Crippen LogP contribution in [0.25, 0.3) is 0 Å². The average molecular weight is 313 g/mol. The molecule has 0 spiro atoms. The summed E-state index contributed by atoms with van der Waals surface area (Å²) in [6, 6.07) is 6.48. The van der Waals surface area contributed by atoms with Gasteiger partial charge in [-0.25, -0.2) is 14.4 Å². The minimum Gasteiger partial charge on any atom is -0.352 e. The molecule has 2 aliphatic rings. The lowest BCUT2D eigenvalue weighted by Gasteiger charge is -2.39. The molecule has 2 aromatic heterocycles. The smallest absolute Gasteiger partial charge is 0.183 e. The summed E-state index contributed by atoms with van der Waals surface area (Å²) in [7, 11) is 0. The molecule has 0 radical (unpaired) electrons. The Kier molecular flexibility index (Phi) is 3.91. The van der Waals surface area contributed by atoms with Crippen LogP contribution in [0.3, 0.4) is 0 Å². The van der Waals surface area contributed by atoms with Gasteiger partial charge >= 0.3 is 0 Å². The molecule has 120 valence electrons. The summed E-state index contributed by atoms with van der Waals surface area (Å²) in [4.78, 5) is 16.9. The third kappa shape index (κ3) is 2.91. The van der Waals surface area contributed by atoms with Crippen LogP contribution in [0.15, 0.2) is 36.9 Å². The summed E-state index contributed by atoms with van der Waals surface area (Å²) in [5, 5.41) is 0. The molecule has 2 aromatic rings. The van der Waals surface area contributed by atoms with Crippen molar-refractivity contribution < 1.29 is 4.39 Å². The summed E-state index contributed by atoms with van der Waals surface area (Å²) in [6.45, 7) is 3.64. The summed E-state index contributed by atoms with van der Waals surface area (Å²) in [5.41, 5.74) is 1.10. The first-order chi connectivity index (χ1) is 11.3. The number of nitrogens with zero attached hydrogens (tertiary/aromatic N) is 5. The lowest BCUT2D eigenvalue weighted by Crippen LogP contribution is -2.48. The topological polar surface area (TPSA) is 45.2 Å². The summed E-state index contributed by atoms with van der Waals surface area (Å²) in [5.74, 6) is 0.795. The van der Waals surface area contributed by atoms with Crippen molar-refractivity contribution in [2.24, 2.45) is 5.92 Å². The van der Waals surface area contributed by atoms with Crippen molar-refractivity contribution >= 4 is 5.82 Å². The molecule has 2 aliphatic heterocycles. The molecule has 2 saturated heterocycles. The second-order valence-electron chi connectivity index (χ2n) is 6.34. The summed E-state index contributed by atoms with van der Waals surface area (Å²) >= 11 is 0. The predicted octanol–water partition coefficient (Wildman–Crippen LogP) is 2.11. The minimum absolute atomic E-state index is 0.333. The minimum atomic E-state index is -0.333. The van der Waals surface area contributed by atoms with Crippen molar-refractivity contribution in [1.29, 1.82) is 0 Å². The van der Waals surface area contributed by atoms with E-state index in [9.17, 15) is 4.39 Å². The Morgan fingerprint density at radius 1 is 1.17 bits per heavy atom. The van der Waals surface area contributed by atoms with Crippen LogP contribution in [-0.2, 0) is 6.54 Å². The summed E-state index contributed by atoms with van der Waals surface area (Å²) in [6.07, 6.45) is 6.82. The van der Waals surface area contributed by atoms with Crippen molar-refractivity contribution in [3.8, 4) is 0 Å². The van der Waals surface area contributed by atoms with Gasteiger partial charge in [-0.2, -0.15) is 0 Å². The number of pyridine rings is 1. The molecular formula is C17H20FN5. The van der Waals surface area contributed by atoms with Crippen LogP contribution >= 0.6 is 0 Å². The van der Waals surface area contributed by atoms with E-state index in [1.807, 2.05) is 18.3 Å². The van der Waals surface area contributed by atoms with Gasteiger partial charge in [-0.15, -0.1) is 0 Å². The maximum atomic E-state index is 14.0. The SMILES string of the molecule is Fc1cncnc1N1CCC2CCN(Cc3ccccn3)C2C1. The first-order valence-electron chi connectivity index (χ1n) is 8.15. The van der Waals surface area contributed by atoms with Crippen molar-refractivity contribution in [3.63, 3.8) is 0 Å². The van der Waals surface area contributed by atoms with E-state index in [1.54, 1.807) is 0 Å². The van der Waals surface area contributed by atoms with E-state index in [1.165, 1.54) is 18.9 Å². The zero-order valence-electron chi connectivity index (χ0n) is 13.0. The molecule has 0 aliphatic carbocycles. The highest BCUT2D eigenvalue weighted by molar-refractivity contribution is 5.39. The van der Waals surface area contributed by atoms with Crippen molar-refractivity contribution in [3.05, 3.63) is 48.4 Å². The molecule has 2 unspecified atom stereocenters. The fraction of sp³-hybridized carbons (Fsp3) is 0.471. The van der Waals surface area contributed by atoms with E-state index in [0.29, 0.717) is 17.8 Å². The Hall–Kier alpha value is -2.08. The number of hydrogen-bond acceptors (Lipinski definition) is 5. The average Bonchev–Trinajstić information content (AvgIpc) is 2.98. The van der Waals surface area contributed by atoms with Gasteiger partial charge in [0.25, 0.3) is 0 Å². The standard InChI is InChI=1S/C17H20FN5/c18-15-9-19-12-21-17(15)23-8-5-13-4-7-22(16(13)11-23)10-14-3-1-2-6-20-14/h1-3,6,9,12-13,16H,4-5,7-8,10-11H2. The number of hydrogen-bond donors (Lipinski definition) is 0. The monoisotopic (exact) mass is 313 g/mol. The van der Waals surface area contributed by atoms with Gasteiger partial charge in [0.1, 0.15) is 6.33 Å². The highest BCUT2D eigenvalue weighted by Gasteiger charge is 2.39. The van der Waals surface area contributed by atoms with Gasteiger partial charge in [0, 0.05) is 31.9 Å². The molecular weight excluding hydrogens is 293 g/mol. The van der Waals surface area contributed by atoms with Crippen molar-refractivity contribution in [1.82, 2.24) is 19.9 Å². The number of aromatic nitrogens is 3. The van der Waals surface area contributed by atoms with Gasteiger partial charge in [0.15, 0.2) is 11.6 Å². The Morgan fingerprint density at radius 2 is 2.09 bits per heavy atom. The molecule has 6 heteroatoms. The molecule has 0 bridgehead atoms. The molecule has 23 heavy (non-hydrogen) atoms. The Balaban J connectivity index is 1.50.